The van der Waals surface area contributed by atoms with Crippen molar-refractivity contribution in [3.8, 4) is 0 Å². The lowest BCUT2D eigenvalue weighted by Gasteiger charge is -2.29. The van der Waals surface area contributed by atoms with Crippen LogP contribution in [0.15, 0.2) is 0 Å². The van der Waals surface area contributed by atoms with Gasteiger partial charge in [-0.3, -0.25) is 14.4 Å². The van der Waals surface area contributed by atoms with Gasteiger partial charge in [0, 0.05) is 13.6 Å². The minimum absolute atomic E-state index is 0. The molecule has 1 fully saturated rings. The Morgan fingerprint density at radius 1 is 1.43 bits per heavy atom. The molecule has 1 aliphatic rings. The van der Waals surface area contributed by atoms with E-state index in [0.29, 0.717) is 13.0 Å². The monoisotopic (exact) mass is 320 g/mol. The molecular weight excluding hydrogens is 296 g/mol. The van der Waals surface area contributed by atoms with Gasteiger partial charge in [-0.1, -0.05) is 13.8 Å². The van der Waals surface area contributed by atoms with Crippen LogP contribution >= 0.6 is 12.4 Å². The van der Waals surface area contributed by atoms with Crippen LogP contribution in [-0.2, 0) is 14.4 Å². The molecule has 1 saturated heterocycles. The van der Waals surface area contributed by atoms with E-state index in [9.17, 15) is 14.4 Å². The van der Waals surface area contributed by atoms with Gasteiger partial charge in [0.25, 0.3) is 0 Å². The Bertz CT molecular complexity index is 390. The van der Waals surface area contributed by atoms with Crippen molar-refractivity contribution < 1.29 is 14.4 Å². The number of nitrogens with one attached hydrogen (secondary N) is 2. The highest BCUT2D eigenvalue weighted by Gasteiger charge is 2.27. The molecule has 4 N–H and O–H groups in total. The van der Waals surface area contributed by atoms with Crippen LogP contribution in [0.3, 0.4) is 0 Å². The van der Waals surface area contributed by atoms with Crippen LogP contribution in [0.5, 0.6) is 0 Å². The molecule has 0 aromatic carbocycles. The van der Waals surface area contributed by atoms with Crippen LogP contribution in [-0.4, -0.2) is 54.8 Å². The van der Waals surface area contributed by atoms with Gasteiger partial charge in [0.2, 0.25) is 17.7 Å². The summed E-state index contributed by atoms with van der Waals surface area (Å²) in [6, 6.07) is -1.12. The maximum atomic E-state index is 11.8. The molecule has 0 saturated carbocycles. The molecule has 1 unspecified atom stereocenters. The van der Waals surface area contributed by atoms with Crippen molar-refractivity contribution in [2.24, 2.45) is 11.7 Å². The van der Waals surface area contributed by atoms with Crippen LogP contribution < -0.4 is 16.4 Å². The average molecular weight is 321 g/mol. The number of carbonyl (C=O) groups is 3. The fraction of sp³-hybridized carbons (Fsp3) is 0.769. The SMILES string of the molecule is CC(C)[C@H](N)C(=O)NCC(=O)NC1CCCN(C)C1=O.Cl. The number of nitrogens with zero attached hydrogens (tertiary/aromatic N) is 1. The first-order chi connectivity index (χ1) is 9.32. The second kappa shape index (κ2) is 8.84. The molecule has 0 spiro atoms. The van der Waals surface area contributed by atoms with E-state index in [4.69, 9.17) is 5.73 Å². The highest BCUT2D eigenvalue weighted by atomic mass is 35.5. The molecule has 7 nitrogen and oxygen atoms in total. The van der Waals surface area contributed by atoms with Gasteiger partial charge in [0.05, 0.1) is 12.6 Å². The molecule has 8 heteroatoms. The van der Waals surface area contributed by atoms with E-state index in [1.165, 1.54) is 0 Å². The van der Waals surface area contributed by atoms with E-state index in [0.717, 1.165) is 6.42 Å². The van der Waals surface area contributed by atoms with Gasteiger partial charge in [-0.25, -0.2) is 0 Å². The molecule has 1 rings (SSSR count). The van der Waals surface area contributed by atoms with Gasteiger partial charge in [-0.15, -0.1) is 12.4 Å². The lowest BCUT2D eigenvalue weighted by molar-refractivity contribution is -0.137. The third-order valence-electron chi connectivity index (χ3n) is 3.44. The molecule has 1 aliphatic heterocycles. The molecule has 21 heavy (non-hydrogen) atoms. The van der Waals surface area contributed by atoms with E-state index >= 15 is 0 Å². The number of hydrogen-bond donors (Lipinski definition) is 3. The zero-order valence-corrected chi connectivity index (χ0v) is 13.5. The molecule has 0 radical (unpaired) electrons. The molecule has 0 aliphatic carbocycles. The van der Waals surface area contributed by atoms with Crippen molar-refractivity contribution in [2.75, 3.05) is 20.1 Å². The maximum absolute atomic E-state index is 11.8. The summed E-state index contributed by atoms with van der Waals surface area (Å²) < 4.78 is 0. The maximum Gasteiger partial charge on any atom is 0.244 e. The summed E-state index contributed by atoms with van der Waals surface area (Å²) in [5, 5.41) is 5.12. The van der Waals surface area contributed by atoms with Gasteiger partial charge < -0.3 is 21.3 Å². The van der Waals surface area contributed by atoms with Gasteiger partial charge in [0.1, 0.15) is 6.04 Å². The van der Waals surface area contributed by atoms with E-state index in [1.807, 2.05) is 13.8 Å². The van der Waals surface area contributed by atoms with E-state index in [1.54, 1.807) is 11.9 Å². The Balaban J connectivity index is 0.00000400. The van der Waals surface area contributed by atoms with Gasteiger partial charge in [-0.05, 0) is 18.8 Å². The zero-order chi connectivity index (χ0) is 15.3. The molecule has 2 atom stereocenters. The molecule has 1 heterocycles. The molecule has 0 aromatic rings. The number of likely N-dealkylation sites (tertiary alicyclic amines) is 1. The number of piperidine rings is 1. The van der Waals surface area contributed by atoms with Crippen molar-refractivity contribution >= 4 is 30.1 Å². The van der Waals surface area contributed by atoms with Crippen molar-refractivity contribution in [1.29, 1.82) is 0 Å². The van der Waals surface area contributed by atoms with Crippen LogP contribution in [0.25, 0.3) is 0 Å². The lowest BCUT2D eigenvalue weighted by Crippen LogP contribution is -2.53. The predicted molar refractivity (Wildman–Crippen MR) is 81.9 cm³/mol. The fourth-order valence-electron chi connectivity index (χ4n) is 2.00. The van der Waals surface area contributed by atoms with Gasteiger partial charge >= 0.3 is 0 Å². The number of carbonyl (C=O) groups excluding carboxylic acids is 3. The normalized spacial score (nSPS) is 19.8. The van der Waals surface area contributed by atoms with E-state index in [2.05, 4.69) is 10.6 Å². The first-order valence-corrected chi connectivity index (χ1v) is 6.90. The number of hydrogen-bond acceptors (Lipinski definition) is 4. The number of likely N-dealkylation sites (N-methyl/N-ethyl adjacent to an activating group) is 1. The van der Waals surface area contributed by atoms with Crippen LogP contribution in [0.1, 0.15) is 26.7 Å². The third kappa shape index (κ3) is 5.89. The van der Waals surface area contributed by atoms with E-state index < -0.39 is 12.1 Å². The zero-order valence-electron chi connectivity index (χ0n) is 12.7. The summed E-state index contributed by atoms with van der Waals surface area (Å²) in [4.78, 5) is 36.7. The van der Waals surface area contributed by atoms with Crippen molar-refractivity contribution in [3.05, 3.63) is 0 Å². The topological polar surface area (TPSA) is 105 Å². The third-order valence-corrected chi connectivity index (χ3v) is 3.44. The first kappa shape index (κ1) is 19.7. The van der Waals surface area contributed by atoms with Crippen LogP contribution in [0.4, 0.5) is 0 Å². The predicted octanol–water partition coefficient (Wildman–Crippen LogP) is -0.755. The molecule has 0 bridgehead atoms. The minimum atomic E-state index is -0.634. The van der Waals surface area contributed by atoms with Crippen molar-refractivity contribution in [1.82, 2.24) is 15.5 Å². The highest BCUT2D eigenvalue weighted by molar-refractivity contribution is 5.91. The number of rotatable bonds is 5. The molecule has 0 aromatic heterocycles. The Morgan fingerprint density at radius 2 is 2.05 bits per heavy atom. The first-order valence-electron chi connectivity index (χ1n) is 6.90. The lowest BCUT2D eigenvalue weighted by atomic mass is 10.0. The Labute approximate surface area is 131 Å². The largest absolute Gasteiger partial charge is 0.346 e. The number of nitrogens with two attached hydrogens (primary N) is 1. The second-order valence-corrected chi connectivity index (χ2v) is 5.51. The second-order valence-electron chi connectivity index (χ2n) is 5.51. The molecular formula is C13H25ClN4O3. The van der Waals surface area contributed by atoms with Crippen LogP contribution in [0.2, 0.25) is 0 Å². The summed E-state index contributed by atoms with van der Waals surface area (Å²) >= 11 is 0. The summed E-state index contributed by atoms with van der Waals surface area (Å²) in [5.74, 6) is -0.813. The van der Waals surface area contributed by atoms with Gasteiger partial charge in [-0.2, -0.15) is 0 Å². The van der Waals surface area contributed by atoms with Crippen LogP contribution in [0, 0.1) is 5.92 Å². The standard InChI is InChI=1S/C13H24N4O3.ClH/c1-8(2)11(14)12(19)15-7-10(18)16-9-5-4-6-17(3)13(9)20;/h8-9,11H,4-7,14H2,1-3H3,(H,15,19)(H,16,18);1H/t9?,11-;/m0./s1. The number of halogens is 1. The average Bonchev–Trinajstić information content (AvgIpc) is 2.40. The number of amides is 3. The summed E-state index contributed by atoms with van der Waals surface area (Å²) in [5.41, 5.74) is 5.67. The minimum Gasteiger partial charge on any atom is -0.346 e. The summed E-state index contributed by atoms with van der Waals surface area (Å²) in [7, 11) is 1.71. The van der Waals surface area contributed by atoms with Crippen molar-refractivity contribution in [3.63, 3.8) is 0 Å². The summed E-state index contributed by atoms with van der Waals surface area (Å²) in [6.45, 7) is 4.22. The Hall–Kier alpha value is -1.34. The summed E-state index contributed by atoms with van der Waals surface area (Å²) in [6.07, 6.45) is 1.49. The smallest absolute Gasteiger partial charge is 0.244 e. The van der Waals surface area contributed by atoms with E-state index in [-0.39, 0.29) is 42.6 Å². The molecule has 122 valence electrons. The quantitative estimate of drug-likeness (QED) is 0.619. The fourth-order valence-corrected chi connectivity index (χ4v) is 2.00. The highest BCUT2D eigenvalue weighted by Crippen LogP contribution is 2.09. The van der Waals surface area contributed by atoms with Gasteiger partial charge in [0.15, 0.2) is 0 Å². The van der Waals surface area contributed by atoms with Crippen molar-refractivity contribution in [2.45, 2.75) is 38.8 Å². The molecule has 3 amide bonds. The Morgan fingerprint density at radius 3 is 2.62 bits per heavy atom. The Kier molecular flexibility index (Phi) is 8.27.